The van der Waals surface area contributed by atoms with Crippen LogP contribution in [-0.2, 0) is 6.54 Å². The van der Waals surface area contributed by atoms with Crippen molar-refractivity contribution in [2.24, 2.45) is 0 Å². The van der Waals surface area contributed by atoms with Crippen molar-refractivity contribution in [2.75, 3.05) is 0 Å². The Kier molecular flexibility index (Phi) is 2.22. The van der Waals surface area contributed by atoms with E-state index in [4.69, 9.17) is 0 Å². The van der Waals surface area contributed by atoms with E-state index in [1.165, 1.54) is 6.07 Å². The van der Waals surface area contributed by atoms with Crippen molar-refractivity contribution in [2.45, 2.75) is 13.5 Å². The van der Waals surface area contributed by atoms with Gasteiger partial charge in [-0.05, 0) is 13.0 Å². The van der Waals surface area contributed by atoms with Crippen LogP contribution in [0.15, 0.2) is 24.8 Å². The molecule has 0 saturated carbocycles. The van der Waals surface area contributed by atoms with Gasteiger partial charge in [0.15, 0.2) is 5.82 Å². The third kappa shape index (κ3) is 1.48. The zero-order valence-electron chi connectivity index (χ0n) is 7.68. The maximum absolute atomic E-state index is 12.9. The van der Waals surface area contributed by atoms with E-state index in [1.54, 1.807) is 12.5 Å². The van der Waals surface area contributed by atoms with Crippen molar-refractivity contribution in [3.8, 4) is 11.4 Å². The van der Waals surface area contributed by atoms with Gasteiger partial charge in [-0.25, -0.2) is 4.39 Å². The van der Waals surface area contributed by atoms with Gasteiger partial charge in [-0.15, -0.1) is 10.2 Å². The Balaban J connectivity index is 2.49. The van der Waals surface area contributed by atoms with E-state index in [0.717, 1.165) is 12.7 Å². The van der Waals surface area contributed by atoms with E-state index in [9.17, 15) is 4.39 Å². The Hall–Kier alpha value is -1.78. The minimum absolute atomic E-state index is 0.367. The minimum atomic E-state index is -0.367. The van der Waals surface area contributed by atoms with E-state index in [2.05, 4.69) is 15.2 Å². The van der Waals surface area contributed by atoms with Gasteiger partial charge >= 0.3 is 0 Å². The van der Waals surface area contributed by atoms with Gasteiger partial charge in [0.25, 0.3) is 0 Å². The van der Waals surface area contributed by atoms with Crippen molar-refractivity contribution in [1.82, 2.24) is 19.7 Å². The number of hydrogen-bond donors (Lipinski definition) is 0. The Morgan fingerprint density at radius 1 is 1.43 bits per heavy atom. The smallest absolute Gasteiger partial charge is 0.165 e. The lowest BCUT2D eigenvalue weighted by Crippen LogP contribution is -1.96. The Morgan fingerprint density at radius 3 is 3.00 bits per heavy atom. The van der Waals surface area contributed by atoms with Crippen molar-refractivity contribution in [1.29, 1.82) is 0 Å². The molecule has 0 bridgehead atoms. The van der Waals surface area contributed by atoms with Crippen LogP contribution in [0.5, 0.6) is 0 Å². The highest BCUT2D eigenvalue weighted by Gasteiger charge is 2.06. The van der Waals surface area contributed by atoms with Gasteiger partial charge in [0, 0.05) is 18.3 Å². The van der Waals surface area contributed by atoms with E-state index in [1.807, 2.05) is 11.5 Å². The zero-order chi connectivity index (χ0) is 9.97. The second-order valence-corrected chi connectivity index (χ2v) is 2.83. The van der Waals surface area contributed by atoms with Gasteiger partial charge in [-0.1, -0.05) is 0 Å². The molecule has 2 aromatic rings. The lowest BCUT2D eigenvalue weighted by atomic mass is 10.2. The average molecular weight is 192 g/mol. The minimum Gasteiger partial charge on any atom is -0.314 e. The first-order chi connectivity index (χ1) is 6.81. The highest BCUT2D eigenvalue weighted by molar-refractivity contribution is 5.53. The Labute approximate surface area is 80.4 Å². The fourth-order valence-corrected chi connectivity index (χ4v) is 1.24. The van der Waals surface area contributed by atoms with Gasteiger partial charge in [-0.2, -0.15) is 0 Å². The number of nitrogens with zero attached hydrogens (tertiary/aromatic N) is 4. The highest BCUT2D eigenvalue weighted by atomic mass is 19.1. The predicted octanol–water partition coefficient (Wildman–Crippen LogP) is 1.50. The molecule has 5 heteroatoms. The van der Waals surface area contributed by atoms with Gasteiger partial charge < -0.3 is 4.57 Å². The number of aryl methyl sites for hydroxylation is 1. The molecule has 0 aliphatic carbocycles. The number of hydrogen-bond acceptors (Lipinski definition) is 3. The molecule has 0 aromatic carbocycles. The Morgan fingerprint density at radius 2 is 2.29 bits per heavy atom. The molecule has 72 valence electrons. The first kappa shape index (κ1) is 8.80. The van der Waals surface area contributed by atoms with Gasteiger partial charge in [0.05, 0.1) is 6.20 Å². The summed E-state index contributed by atoms with van der Waals surface area (Å²) in [6.07, 6.45) is 4.34. The van der Waals surface area contributed by atoms with Crippen molar-refractivity contribution in [3.63, 3.8) is 0 Å². The van der Waals surface area contributed by atoms with E-state index in [-0.39, 0.29) is 5.82 Å². The summed E-state index contributed by atoms with van der Waals surface area (Å²) in [6.45, 7) is 2.72. The van der Waals surface area contributed by atoms with E-state index < -0.39 is 0 Å². The van der Waals surface area contributed by atoms with Crippen molar-refractivity contribution in [3.05, 3.63) is 30.6 Å². The number of halogens is 1. The fourth-order valence-electron chi connectivity index (χ4n) is 1.24. The molecule has 0 N–H and O–H groups in total. The third-order valence-corrected chi connectivity index (χ3v) is 1.92. The molecule has 4 nitrogen and oxygen atoms in total. The summed E-state index contributed by atoms with van der Waals surface area (Å²) in [5.74, 6) is 0.271. The standard InChI is InChI=1S/C9H9FN4/c1-2-14-6-12-13-9(14)7-3-8(10)5-11-4-7/h3-6H,2H2,1H3. The molecule has 0 aliphatic rings. The van der Waals surface area contributed by atoms with E-state index >= 15 is 0 Å². The summed E-state index contributed by atoms with van der Waals surface area (Å²) in [4.78, 5) is 3.76. The summed E-state index contributed by atoms with van der Waals surface area (Å²) in [6, 6.07) is 1.39. The molecule has 0 fully saturated rings. The normalized spacial score (nSPS) is 10.4. The number of rotatable bonds is 2. The molecular formula is C9H9FN4. The van der Waals surface area contributed by atoms with Crippen LogP contribution in [0, 0.1) is 5.82 Å². The maximum Gasteiger partial charge on any atom is 0.165 e. The summed E-state index contributed by atoms with van der Waals surface area (Å²) in [7, 11) is 0. The molecule has 2 rings (SSSR count). The van der Waals surface area contributed by atoms with Gasteiger partial charge in [0.2, 0.25) is 0 Å². The summed E-state index contributed by atoms with van der Waals surface area (Å²) in [5, 5.41) is 7.67. The first-order valence-electron chi connectivity index (χ1n) is 4.30. The lowest BCUT2D eigenvalue weighted by Gasteiger charge is -2.01. The van der Waals surface area contributed by atoms with Crippen LogP contribution in [0.3, 0.4) is 0 Å². The highest BCUT2D eigenvalue weighted by Crippen LogP contribution is 2.15. The van der Waals surface area contributed by atoms with Crippen LogP contribution in [0.1, 0.15) is 6.92 Å². The topological polar surface area (TPSA) is 43.6 Å². The van der Waals surface area contributed by atoms with E-state index in [0.29, 0.717) is 11.4 Å². The molecule has 0 atom stereocenters. The molecule has 2 heterocycles. The molecule has 2 aromatic heterocycles. The maximum atomic E-state index is 12.9. The van der Waals surface area contributed by atoms with Crippen molar-refractivity contribution >= 4 is 0 Å². The molecule has 0 amide bonds. The van der Waals surface area contributed by atoms with Crippen LogP contribution >= 0.6 is 0 Å². The first-order valence-corrected chi connectivity index (χ1v) is 4.30. The molecule has 0 unspecified atom stereocenters. The summed E-state index contributed by atoms with van der Waals surface area (Å²) < 4.78 is 14.7. The van der Waals surface area contributed by atoms with Gasteiger partial charge in [-0.3, -0.25) is 4.98 Å². The molecular weight excluding hydrogens is 183 g/mol. The second kappa shape index (κ2) is 3.53. The SMILES string of the molecule is CCn1cnnc1-c1cncc(F)c1. The summed E-state index contributed by atoms with van der Waals surface area (Å²) >= 11 is 0. The second-order valence-electron chi connectivity index (χ2n) is 2.83. The zero-order valence-corrected chi connectivity index (χ0v) is 7.68. The Bertz CT molecular complexity index is 438. The quantitative estimate of drug-likeness (QED) is 0.724. The third-order valence-electron chi connectivity index (χ3n) is 1.92. The largest absolute Gasteiger partial charge is 0.314 e. The molecule has 0 spiro atoms. The lowest BCUT2D eigenvalue weighted by molar-refractivity contribution is 0.621. The van der Waals surface area contributed by atoms with Crippen LogP contribution in [-0.4, -0.2) is 19.7 Å². The number of pyridine rings is 1. The van der Waals surface area contributed by atoms with Crippen LogP contribution < -0.4 is 0 Å². The van der Waals surface area contributed by atoms with Crippen molar-refractivity contribution < 1.29 is 4.39 Å². The number of aromatic nitrogens is 4. The molecule has 0 aliphatic heterocycles. The van der Waals surface area contributed by atoms with Crippen LogP contribution in [0.4, 0.5) is 4.39 Å². The molecule has 14 heavy (non-hydrogen) atoms. The van der Waals surface area contributed by atoms with Crippen LogP contribution in [0.2, 0.25) is 0 Å². The van der Waals surface area contributed by atoms with Crippen LogP contribution in [0.25, 0.3) is 11.4 Å². The fraction of sp³-hybridized carbons (Fsp3) is 0.222. The monoisotopic (exact) mass is 192 g/mol. The predicted molar refractivity (Wildman–Crippen MR) is 48.9 cm³/mol. The molecule has 0 saturated heterocycles. The average Bonchev–Trinajstić information content (AvgIpc) is 2.65. The molecule has 0 radical (unpaired) electrons. The summed E-state index contributed by atoms with van der Waals surface area (Å²) in [5.41, 5.74) is 0.643. The van der Waals surface area contributed by atoms with Gasteiger partial charge in [0.1, 0.15) is 12.1 Å².